The van der Waals surface area contributed by atoms with Crippen LogP contribution in [0.2, 0.25) is 0 Å². The number of rotatable bonds is 5. The second kappa shape index (κ2) is 6.03. The van der Waals surface area contributed by atoms with Crippen LogP contribution in [0.3, 0.4) is 0 Å². The molecule has 8 heteroatoms. The molecule has 1 aromatic heterocycles. The first-order valence-corrected chi connectivity index (χ1v) is 5.27. The molecule has 0 saturated heterocycles. The zero-order chi connectivity index (χ0) is 12.0. The van der Waals surface area contributed by atoms with E-state index in [0.29, 0.717) is 0 Å². The number of hydrogen-bond donors (Lipinski definition) is 4. The minimum atomic E-state index is -1.29. The van der Waals surface area contributed by atoms with Crippen LogP contribution in [0.4, 0.5) is 4.79 Å². The van der Waals surface area contributed by atoms with Gasteiger partial charge in [0.2, 0.25) is 0 Å². The van der Waals surface area contributed by atoms with E-state index in [2.05, 4.69) is 15.6 Å². The fourth-order valence-electron chi connectivity index (χ4n) is 0.892. The predicted octanol–water partition coefficient (Wildman–Crippen LogP) is -0.612. The lowest BCUT2D eigenvalue weighted by Gasteiger charge is -2.11. The molecule has 0 fully saturated rings. The van der Waals surface area contributed by atoms with Crippen LogP contribution in [0.25, 0.3) is 0 Å². The summed E-state index contributed by atoms with van der Waals surface area (Å²) in [6.07, 6.45) is 1.60. The molecule has 0 spiro atoms. The van der Waals surface area contributed by atoms with Crippen molar-refractivity contribution in [2.75, 3.05) is 6.61 Å². The zero-order valence-electron chi connectivity index (χ0n) is 8.21. The topological polar surface area (TPSA) is 112 Å². The van der Waals surface area contributed by atoms with Crippen LogP contribution in [0.1, 0.15) is 4.88 Å². The smallest absolute Gasteiger partial charge is 0.328 e. The molecule has 1 atom stereocenters. The highest BCUT2D eigenvalue weighted by molar-refractivity contribution is 7.09. The largest absolute Gasteiger partial charge is 0.480 e. The Hall–Kier alpha value is -1.67. The lowest BCUT2D eigenvalue weighted by atomic mass is 10.3. The standard InChI is InChI=1S/C8H11N3O4S/c12-3-6(7(13)14)11-8(15)10-2-5-1-9-4-16-5/h1,4,6,12H,2-3H2,(H,13,14)(H2,10,11,15). The average molecular weight is 245 g/mol. The van der Waals surface area contributed by atoms with Gasteiger partial charge in [-0.3, -0.25) is 4.98 Å². The highest BCUT2D eigenvalue weighted by Crippen LogP contribution is 2.03. The van der Waals surface area contributed by atoms with Crippen molar-refractivity contribution in [3.05, 3.63) is 16.6 Å². The van der Waals surface area contributed by atoms with Gasteiger partial charge in [0.15, 0.2) is 6.04 Å². The highest BCUT2D eigenvalue weighted by atomic mass is 32.1. The molecule has 0 radical (unpaired) electrons. The van der Waals surface area contributed by atoms with Crippen molar-refractivity contribution in [1.29, 1.82) is 0 Å². The Balaban J connectivity index is 2.33. The molecule has 0 aliphatic heterocycles. The third kappa shape index (κ3) is 3.83. The van der Waals surface area contributed by atoms with E-state index < -0.39 is 24.6 Å². The van der Waals surface area contributed by atoms with E-state index in [0.717, 1.165) is 4.88 Å². The molecule has 1 rings (SSSR count). The van der Waals surface area contributed by atoms with Crippen molar-refractivity contribution in [2.24, 2.45) is 0 Å². The number of carboxylic acid groups (broad SMARTS) is 1. The number of nitrogens with one attached hydrogen (secondary N) is 2. The molecule has 0 saturated carbocycles. The molecule has 0 aliphatic carbocycles. The number of urea groups is 1. The monoisotopic (exact) mass is 245 g/mol. The molecule has 7 nitrogen and oxygen atoms in total. The van der Waals surface area contributed by atoms with Gasteiger partial charge in [-0.25, -0.2) is 9.59 Å². The van der Waals surface area contributed by atoms with E-state index in [1.807, 2.05) is 0 Å². The number of hydrogen-bond acceptors (Lipinski definition) is 5. The third-order valence-electron chi connectivity index (χ3n) is 1.69. The van der Waals surface area contributed by atoms with Crippen LogP contribution in [0.15, 0.2) is 11.7 Å². The van der Waals surface area contributed by atoms with E-state index in [-0.39, 0.29) is 6.54 Å². The Kier molecular flexibility index (Phi) is 4.67. The summed E-state index contributed by atoms with van der Waals surface area (Å²) in [5.41, 5.74) is 1.63. The van der Waals surface area contributed by atoms with Gasteiger partial charge in [0.25, 0.3) is 0 Å². The van der Waals surface area contributed by atoms with Gasteiger partial charge >= 0.3 is 12.0 Å². The fraction of sp³-hybridized carbons (Fsp3) is 0.375. The Bertz CT molecular complexity index is 354. The van der Waals surface area contributed by atoms with Crippen LogP contribution < -0.4 is 10.6 Å². The molecular weight excluding hydrogens is 234 g/mol. The van der Waals surface area contributed by atoms with Crippen LogP contribution in [-0.2, 0) is 11.3 Å². The van der Waals surface area contributed by atoms with E-state index in [4.69, 9.17) is 10.2 Å². The zero-order valence-corrected chi connectivity index (χ0v) is 9.03. The van der Waals surface area contributed by atoms with Gasteiger partial charge in [-0.2, -0.15) is 0 Å². The van der Waals surface area contributed by atoms with Gasteiger partial charge in [0, 0.05) is 11.1 Å². The molecule has 0 aromatic carbocycles. The molecule has 88 valence electrons. The van der Waals surface area contributed by atoms with Crippen molar-refractivity contribution in [3.63, 3.8) is 0 Å². The summed E-state index contributed by atoms with van der Waals surface area (Å²) in [7, 11) is 0. The molecule has 2 amide bonds. The Morgan fingerprint density at radius 3 is 2.81 bits per heavy atom. The Labute approximate surface area is 95.1 Å². The first-order valence-electron chi connectivity index (χ1n) is 4.39. The molecule has 0 bridgehead atoms. The number of amides is 2. The maximum Gasteiger partial charge on any atom is 0.328 e. The van der Waals surface area contributed by atoms with Gasteiger partial charge in [-0.1, -0.05) is 0 Å². The number of carbonyl (C=O) groups is 2. The molecule has 1 aromatic rings. The van der Waals surface area contributed by atoms with Gasteiger partial charge in [-0.15, -0.1) is 11.3 Å². The quantitative estimate of drug-likeness (QED) is 0.553. The Morgan fingerprint density at radius 1 is 1.56 bits per heavy atom. The number of thiazole rings is 1. The highest BCUT2D eigenvalue weighted by Gasteiger charge is 2.18. The number of nitrogens with zero attached hydrogens (tertiary/aromatic N) is 1. The molecule has 1 unspecified atom stereocenters. The van der Waals surface area contributed by atoms with Crippen LogP contribution in [0.5, 0.6) is 0 Å². The molecule has 16 heavy (non-hydrogen) atoms. The summed E-state index contributed by atoms with van der Waals surface area (Å²) in [4.78, 5) is 26.4. The Morgan fingerprint density at radius 2 is 2.31 bits per heavy atom. The van der Waals surface area contributed by atoms with Gasteiger partial charge in [-0.05, 0) is 0 Å². The maximum absolute atomic E-state index is 11.2. The molecule has 0 aliphatic rings. The molecule has 4 N–H and O–H groups in total. The molecule has 1 heterocycles. The van der Waals surface area contributed by atoms with Gasteiger partial charge in [0.05, 0.1) is 18.7 Å². The first kappa shape index (κ1) is 12.4. The lowest BCUT2D eigenvalue weighted by molar-refractivity contribution is -0.140. The van der Waals surface area contributed by atoms with E-state index >= 15 is 0 Å². The normalized spacial score (nSPS) is 11.8. The maximum atomic E-state index is 11.2. The minimum absolute atomic E-state index is 0.272. The lowest BCUT2D eigenvalue weighted by Crippen LogP contribution is -2.47. The second-order valence-corrected chi connectivity index (χ2v) is 3.84. The summed E-state index contributed by atoms with van der Waals surface area (Å²) < 4.78 is 0. The SMILES string of the molecule is O=C(NCc1cncs1)NC(CO)C(=O)O. The van der Waals surface area contributed by atoms with Crippen LogP contribution in [0, 0.1) is 0 Å². The third-order valence-corrected chi connectivity index (χ3v) is 2.47. The summed E-state index contributed by atoms with van der Waals surface area (Å²) in [6, 6.07) is -1.93. The van der Waals surface area contributed by atoms with Crippen molar-refractivity contribution >= 4 is 23.3 Å². The van der Waals surface area contributed by atoms with Crippen molar-refractivity contribution in [2.45, 2.75) is 12.6 Å². The average Bonchev–Trinajstić information content (AvgIpc) is 2.75. The minimum Gasteiger partial charge on any atom is -0.480 e. The number of aliphatic hydroxyl groups excluding tert-OH is 1. The first-order chi connectivity index (χ1) is 7.63. The summed E-state index contributed by atoms with van der Waals surface area (Å²) in [5, 5.41) is 21.8. The van der Waals surface area contributed by atoms with Gasteiger partial charge in [0.1, 0.15) is 0 Å². The van der Waals surface area contributed by atoms with Crippen molar-refractivity contribution < 1.29 is 19.8 Å². The number of carboxylic acids is 1. The van der Waals surface area contributed by atoms with E-state index in [1.165, 1.54) is 11.3 Å². The number of carbonyl (C=O) groups excluding carboxylic acids is 1. The van der Waals surface area contributed by atoms with Crippen molar-refractivity contribution in [1.82, 2.24) is 15.6 Å². The predicted molar refractivity (Wildman–Crippen MR) is 56.0 cm³/mol. The van der Waals surface area contributed by atoms with Crippen molar-refractivity contribution in [3.8, 4) is 0 Å². The summed E-state index contributed by atoms with van der Waals surface area (Å²) in [6.45, 7) is -0.377. The van der Waals surface area contributed by atoms with Gasteiger partial charge < -0.3 is 20.8 Å². The summed E-state index contributed by atoms with van der Waals surface area (Å²) in [5.74, 6) is -1.28. The molecular formula is C8H11N3O4S. The van der Waals surface area contributed by atoms with Crippen LogP contribution >= 0.6 is 11.3 Å². The number of aromatic nitrogens is 1. The van der Waals surface area contributed by atoms with E-state index in [1.54, 1.807) is 11.7 Å². The second-order valence-electron chi connectivity index (χ2n) is 2.87. The number of aliphatic hydroxyl groups is 1. The fourth-order valence-corrected chi connectivity index (χ4v) is 1.43. The van der Waals surface area contributed by atoms with E-state index in [9.17, 15) is 9.59 Å². The summed E-state index contributed by atoms with van der Waals surface area (Å²) >= 11 is 1.38. The van der Waals surface area contributed by atoms with Crippen LogP contribution in [-0.4, -0.2) is 39.8 Å². The number of aliphatic carboxylic acids is 1.